The van der Waals surface area contributed by atoms with Gasteiger partial charge in [-0.1, -0.05) is 41.9 Å². The molecular weight excluding hydrogens is 228 g/mol. The van der Waals surface area contributed by atoms with Crippen molar-refractivity contribution in [1.82, 2.24) is 0 Å². The van der Waals surface area contributed by atoms with Crippen molar-refractivity contribution in [3.05, 3.63) is 57.2 Å². The summed E-state index contributed by atoms with van der Waals surface area (Å²) in [5.41, 5.74) is 0.752. The van der Waals surface area contributed by atoms with Crippen LogP contribution in [0.15, 0.2) is 42.5 Å². The second-order valence-corrected chi connectivity index (χ2v) is 4.97. The minimum atomic E-state index is 0.133. The van der Waals surface area contributed by atoms with E-state index in [1.54, 1.807) is 0 Å². The number of hydrogen-bond acceptors (Lipinski definition) is 2. The van der Waals surface area contributed by atoms with Crippen molar-refractivity contribution in [2.75, 3.05) is 0 Å². The highest BCUT2D eigenvalue weighted by molar-refractivity contribution is 7.16. The molecule has 0 aliphatic carbocycles. The largest absolute Gasteiger partial charge is 0.294 e. The third-order valence-corrected chi connectivity index (χ3v) is 3.29. The summed E-state index contributed by atoms with van der Waals surface area (Å²) in [4.78, 5) is 12.8. The van der Waals surface area contributed by atoms with E-state index in [-0.39, 0.29) is 5.78 Å². The highest BCUT2D eigenvalue weighted by atomic mass is 35.5. The number of ketones is 1. The lowest BCUT2D eigenvalue weighted by molar-refractivity contribution is 0.0994. The van der Waals surface area contributed by atoms with E-state index in [4.69, 9.17) is 11.6 Å². The predicted molar refractivity (Wildman–Crippen MR) is 63.8 cm³/mol. The summed E-state index contributed by atoms with van der Waals surface area (Å²) in [5.74, 6) is 0.133. The Morgan fingerprint density at radius 3 is 2.47 bits per heavy atom. The molecule has 0 fully saturated rings. The van der Waals surface area contributed by atoms with Crippen molar-refractivity contribution in [2.24, 2.45) is 0 Å². The topological polar surface area (TPSA) is 17.1 Å². The summed E-state index contributed by atoms with van der Waals surface area (Å²) in [6, 6.07) is 13.0. The fourth-order valence-electron chi connectivity index (χ4n) is 1.33. The van der Waals surface area contributed by atoms with Crippen LogP contribution in [-0.4, -0.2) is 5.78 Å². The first kappa shape index (κ1) is 10.4. The third kappa shape index (κ3) is 2.67. The van der Waals surface area contributed by atoms with Gasteiger partial charge in [-0.2, -0.15) is 0 Å². The van der Waals surface area contributed by atoms with Crippen LogP contribution in [0.5, 0.6) is 0 Å². The molecule has 1 aromatic heterocycles. The average molecular weight is 237 g/mol. The molecule has 0 atom stereocenters. The SMILES string of the molecule is O=C(Cc1ccc(Cl)s1)c1ccccc1. The molecule has 0 unspecified atom stereocenters. The van der Waals surface area contributed by atoms with Gasteiger partial charge in [0.2, 0.25) is 0 Å². The Labute approximate surface area is 97.3 Å². The average Bonchev–Trinajstić information content (AvgIpc) is 2.65. The summed E-state index contributed by atoms with van der Waals surface area (Å²) in [6.45, 7) is 0. The van der Waals surface area contributed by atoms with Crippen LogP contribution in [0.3, 0.4) is 0 Å². The maximum atomic E-state index is 11.8. The quantitative estimate of drug-likeness (QED) is 0.741. The van der Waals surface area contributed by atoms with Crippen LogP contribution in [0.25, 0.3) is 0 Å². The monoisotopic (exact) mass is 236 g/mol. The fourth-order valence-corrected chi connectivity index (χ4v) is 2.42. The molecule has 0 saturated carbocycles. The standard InChI is InChI=1S/C12H9ClOS/c13-12-7-6-10(15-12)8-11(14)9-4-2-1-3-5-9/h1-7H,8H2. The van der Waals surface area contributed by atoms with Crippen molar-refractivity contribution < 1.29 is 4.79 Å². The first-order valence-electron chi connectivity index (χ1n) is 4.58. The molecule has 15 heavy (non-hydrogen) atoms. The first-order valence-corrected chi connectivity index (χ1v) is 5.77. The summed E-state index contributed by atoms with van der Waals surface area (Å²) >= 11 is 7.25. The van der Waals surface area contributed by atoms with E-state index in [0.29, 0.717) is 6.42 Å². The molecule has 3 heteroatoms. The molecule has 0 spiro atoms. The minimum absolute atomic E-state index is 0.133. The molecule has 0 saturated heterocycles. The lowest BCUT2D eigenvalue weighted by atomic mass is 10.1. The van der Waals surface area contributed by atoms with E-state index in [2.05, 4.69) is 0 Å². The Hall–Kier alpha value is -1.12. The third-order valence-electron chi connectivity index (χ3n) is 2.06. The highest BCUT2D eigenvalue weighted by Gasteiger charge is 2.07. The Morgan fingerprint density at radius 1 is 1.13 bits per heavy atom. The highest BCUT2D eigenvalue weighted by Crippen LogP contribution is 2.22. The van der Waals surface area contributed by atoms with Gasteiger partial charge in [0, 0.05) is 16.9 Å². The first-order chi connectivity index (χ1) is 7.25. The van der Waals surface area contributed by atoms with E-state index < -0.39 is 0 Å². The smallest absolute Gasteiger partial charge is 0.168 e. The second-order valence-electron chi connectivity index (χ2n) is 3.17. The molecule has 0 radical (unpaired) electrons. The molecule has 0 amide bonds. The van der Waals surface area contributed by atoms with Crippen LogP contribution >= 0.6 is 22.9 Å². The molecule has 1 aromatic carbocycles. The van der Waals surface area contributed by atoms with Crippen molar-refractivity contribution in [1.29, 1.82) is 0 Å². The van der Waals surface area contributed by atoms with E-state index in [0.717, 1.165) is 14.8 Å². The molecule has 2 aromatic rings. The fraction of sp³-hybridized carbons (Fsp3) is 0.0833. The Bertz CT molecular complexity index is 461. The van der Waals surface area contributed by atoms with E-state index in [9.17, 15) is 4.79 Å². The Balaban J connectivity index is 2.11. The molecule has 0 aliphatic heterocycles. The van der Waals surface area contributed by atoms with E-state index in [1.807, 2.05) is 42.5 Å². The van der Waals surface area contributed by atoms with E-state index >= 15 is 0 Å². The summed E-state index contributed by atoms with van der Waals surface area (Å²) < 4.78 is 0.728. The van der Waals surface area contributed by atoms with Gasteiger partial charge in [-0.25, -0.2) is 0 Å². The number of benzene rings is 1. The normalized spacial score (nSPS) is 10.2. The lowest BCUT2D eigenvalue weighted by Crippen LogP contribution is -2.01. The van der Waals surface area contributed by atoms with Crippen LogP contribution in [-0.2, 0) is 6.42 Å². The predicted octanol–water partition coefficient (Wildman–Crippen LogP) is 3.83. The van der Waals surface area contributed by atoms with Crippen molar-refractivity contribution in [3.8, 4) is 0 Å². The van der Waals surface area contributed by atoms with Crippen LogP contribution < -0.4 is 0 Å². The zero-order chi connectivity index (χ0) is 10.7. The zero-order valence-electron chi connectivity index (χ0n) is 7.94. The van der Waals surface area contributed by atoms with Crippen LogP contribution in [0, 0.1) is 0 Å². The van der Waals surface area contributed by atoms with Gasteiger partial charge < -0.3 is 0 Å². The van der Waals surface area contributed by atoms with Crippen LogP contribution in [0.1, 0.15) is 15.2 Å². The van der Waals surface area contributed by atoms with Crippen LogP contribution in [0.4, 0.5) is 0 Å². The molecule has 1 nitrogen and oxygen atoms in total. The number of Topliss-reactive ketones (excluding diaryl/α,β-unsaturated/α-hetero) is 1. The molecule has 0 aliphatic rings. The molecule has 1 heterocycles. The molecule has 0 N–H and O–H groups in total. The number of thiophene rings is 1. The van der Waals surface area contributed by atoms with Crippen molar-refractivity contribution in [3.63, 3.8) is 0 Å². The van der Waals surface area contributed by atoms with E-state index in [1.165, 1.54) is 11.3 Å². The lowest BCUT2D eigenvalue weighted by Gasteiger charge is -1.97. The van der Waals surface area contributed by atoms with Crippen molar-refractivity contribution in [2.45, 2.75) is 6.42 Å². The Morgan fingerprint density at radius 2 is 1.87 bits per heavy atom. The molecule has 76 valence electrons. The van der Waals surface area contributed by atoms with Crippen molar-refractivity contribution >= 4 is 28.7 Å². The van der Waals surface area contributed by atoms with Gasteiger partial charge in [-0.3, -0.25) is 4.79 Å². The number of carbonyl (C=O) groups excluding carboxylic acids is 1. The summed E-state index contributed by atoms with van der Waals surface area (Å²) in [5, 5.41) is 0. The zero-order valence-corrected chi connectivity index (χ0v) is 9.52. The molecule has 0 bridgehead atoms. The number of hydrogen-bond donors (Lipinski definition) is 0. The van der Waals surface area contributed by atoms with Gasteiger partial charge in [0.25, 0.3) is 0 Å². The van der Waals surface area contributed by atoms with Gasteiger partial charge in [0.05, 0.1) is 4.34 Å². The summed E-state index contributed by atoms with van der Waals surface area (Å²) in [7, 11) is 0. The van der Waals surface area contributed by atoms with Gasteiger partial charge in [-0.05, 0) is 12.1 Å². The van der Waals surface area contributed by atoms with Gasteiger partial charge >= 0.3 is 0 Å². The van der Waals surface area contributed by atoms with Gasteiger partial charge in [0.15, 0.2) is 5.78 Å². The molecule has 2 rings (SSSR count). The number of rotatable bonds is 3. The maximum absolute atomic E-state index is 11.8. The number of carbonyl (C=O) groups is 1. The maximum Gasteiger partial charge on any atom is 0.168 e. The van der Waals surface area contributed by atoms with Gasteiger partial charge in [-0.15, -0.1) is 11.3 Å². The second kappa shape index (κ2) is 4.60. The minimum Gasteiger partial charge on any atom is -0.294 e. The molecular formula is C12H9ClOS. The summed E-state index contributed by atoms with van der Waals surface area (Å²) in [6.07, 6.45) is 0.432. The van der Waals surface area contributed by atoms with Crippen LogP contribution in [0.2, 0.25) is 4.34 Å². The number of halogens is 1. The Kier molecular flexibility index (Phi) is 3.19. The van der Waals surface area contributed by atoms with Gasteiger partial charge in [0.1, 0.15) is 0 Å².